The Kier molecular flexibility index (Phi) is 4.51. The minimum atomic E-state index is 0.458. The topological polar surface area (TPSA) is 38.0 Å². The first-order valence-electron chi connectivity index (χ1n) is 7.42. The van der Waals surface area contributed by atoms with Crippen LogP contribution < -0.4 is 11.3 Å². The average molecular weight is 286 g/mol. The third kappa shape index (κ3) is 3.29. The van der Waals surface area contributed by atoms with E-state index in [1.807, 2.05) is 11.3 Å². The molecule has 3 rings (SSSR count). The maximum Gasteiger partial charge on any atom is 0.0244 e. The largest absolute Gasteiger partial charge is 0.271 e. The second kappa shape index (κ2) is 6.53. The number of hydrogen-bond donors (Lipinski definition) is 2. The lowest BCUT2D eigenvalue weighted by Crippen LogP contribution is -2.37. The Morgan fingerprint density at radius 2 is 2.05 bits per heavy atom. The summed E-state index contributed by atoms with van der Waals surface area (Å²) in [5, 5.41) is 2.15. The highest BCUT2D eigenvalue weighted by molar-refractivity contribution is 7.09. The molecule has 0 saturated heterocycles. The van der Waals surface area contributed by atoms with Gasteiger partial charge >= 0.3 is 0 Å². The Bertz CT molecular complexity index is 509. The molecule has 0 bridgehead atoms. The molecule has 20 heavy (non-hydrogen) atoms. The molecule has 3 heteroatoms. The van der Waals surface area contributed by atoms with Crippen molar-refractivity contribution in [2.24, 2.45) is 11.8 Å². The third-order valence-electron chi connectivity index (χ3n) is 4.32. The van der Waals surface area contributed by atoms with Gasteiger partial charge < -0.3 is 0 Å². The smallest absolute Gasteiger partial charge is 0.0244 e. The lowest BCUT2D eigenvalue weighted by molar-refractivity contribution is 0.428. The SMILES string of the molecule is NNC(CCCc1cccs1)C1CC1c1ccccc1. The van der Waals surface area contributed by atoms with Crippen molar-refractivity contribution in [1.82, 2.24) is 5.43 Å². The fourth-order valence-corrected chi connectivity index (χ4v) is 3.87. The van der Waals surface area contributed by atoms with E-state index in [0.29, 0.717) is 17.9 Å². The minimum absolute atomic E-state index is 0.458. The van der Waals surface area contributed by atoms with Gasteiger partial charge in [0, 0.05) is 10.9 Å². The molecule has 1 heterocycles. The van der Waals surface area contributed by atoms with E-state index in [-0.39, 0.29) is 0 Å². The van der Waals surface area contributed by atoms with Gasteiger partial charge in [-0.15, -0.1) is 11.3 Å². The number of thiophene rings is 1. The summed E-state index contributed by atoms with van der Waals surface area (Å²) in [6.45, 7) is 0. The summed E-state index contributed by atoms with van der Waals surface area (Å²) in [4.78, 5) is 1.48. The Morgan fingerprint density at radius 3 is 2.75 bits per heavy atom. The number of benzene rings is 1. The first-order chi connectivity index (χ1) is 9.88. The normalized spacial score (nSPS) is 22.6. The Hall–Kier alpha value is -1.16. The lowest BCUT2D eigenvalue weighted by atomic mass is 10.0. The van der Waals surface area contributed by atoms with Gasteiger partial charge in [-0.05, 0) is 54.5 Å². The molecule has 0 amide bonds. The predicted molar refractivity (Wildman–Crippen MR) is 85.7 cm³/mol. The van der Waals surface area contributed by atoms with Crippen LogP contribution in [0.25, 0.3) is 0 Å². The van der Waals surface area contributed by atoms with Crippen molar-refractivity contribution in [2.45, 2.75) is 37.6 Å². The molecule has 3 N–H and O–H groups in total. The Balaban J connectivity index is 1.48. The summed E-state index contributed by atoms with van der Waals surface area (Å²) >= 11 is 1.85. The molecule has 0 spiro atoms. The van der Waals surface area contributed by atoms with Gasteiger partial charge in [-0.25, -0.2) is 0 Å². The fourth-order valence-electron chi connectivity index (χ4n) is 3.11. The molecule has 3 atom stereocenters. The summed E-state index contributed by atoms with van der Waals surface area (Å²) in [6, 6.07) is 15.6. The van der Waals surface area contributed by atoms with Crippen molar-refractivity contribution >= 4 is 11.3 Å². The van der Waals surface area contributed by atoms with Crippen LogP contribution in [0.3, 0.4) is 0 Å². The van der Waals surface area contributed by atoms with Crippen LogP contribution in [0.4, 0.5) is 0 Å². The van der Waals surface area contributed by atoms with Crippen molar-refractivity contribution in [2.75, 3.05) is 0 Å². The van der Waals surface area contributed by atoms with Crippen molar-refractivity contribution in [3.63, 3.8) is 0 Å². The highest BCUT2D eigenvalue weighted by Crippen LogP contribution is 2.50. The van der Waals surface area contributed by atoms with E-state index in [9.17, 15) is 0 Å². The second-order valence-corrected chi connectivity index (χ2v) is 6.69. The zero-order valence-corrected chi connectivity index (χ0v) is 12.5. The van der Waals surface area contributed by atoms with E-state index in [1.54, 1.807) is 0 Å². The molecule has 106 valence electrons. The monoisotopic (exact) mass is 286 g/mol. The second-order valence-electron chi connectivity index (χ2n) is 5.66. The molecule has 2 aromatic rings. The van der Waals surface area contributed by atoms with E-state index in [0.717, 1.165) is 0 Å². The highest BCUT2D eigenvalue weighted by Gasteiger charge is 2.42. The molecule has 1 saturated carbocycles. The van der Waals surface area contributed by atoms with Gasteiger partial charge in [0.15, 0.2) is 0 Å². The summed E-state index contributed by atoms with van der Waals surface area (Å²) < 4.78 is 0. The molecular weight excluding hydrogens is 264 g/mol. The molecule has 1 aliphatic carbocycles. The summed E-state index contributed by atoms with van der Waals surface area (Å²) in [5.74, 6) is 7.19. The van der Waals surface area contributed by atoms with E-state index in [2.05, 4.69) is 53.3 Å². The fraction of sp³-hybridized carbons (Fsp3) is 0.412. The first-order valence-corrected chi connectivity index (χ1v) is 8.30. The summed E-state index contributed by atoms with van der Waals surface area (Å²) in [7, 11) is 0. The van der Waals surface area contributed by atoms with E-state index in [1.165, 1.54) is 36.1 Å². The summed E-state index contributed by atoms with van der Waals surface area (Å²) in [5.41, 5.74) is 4.52. The number of hydrogen-bond acceptors (Lipinski definition) is 3. The van der Waals surface area contributed by atoms with E-state index < -0.39 is 0 Å². The van der Waals surface area contributed by atoms with Crippen molar-refractivity contribution in [3.05, 3.63) is 58.3 Å². The zero-order valence-electron chi connectivity index (χ0n) is 11.7. The molecule has 1 fully saturated rings. The molecular formula is C17H22N2S. The number of aryl methyl sites for hydroxylation is 1. The maximum absolute atomic E-state index is 5.77. The predicted octanol–water partition coefficient (Wildman–Crippen LogP) is 3.71. The van der Waals surface area contributed by atoms with Gasteiger partial charge in [0.25, 0.3) is 0 Å². The molecule has 1 aromatic carbocycles. The molecule has 1 aliphatic rings. The van der Waals surface area contributed by atoms with Crippen molar-refractivity contribution in [3.8, 4) is 0 Å². The molecule has 3 unspecified atom stereocenters. The zero-order chi connectivity index (χ0) is 13.8. The van der Waals surface area contributed by atoms with Crippen LogP contribution in [0, 0.1) is 5.92 Å². The van der Waals surface area contributed by atoms with Crippen molar-refractivity contribution in [1.29, 1.82) is 0 Å². The lowest BCUT2D eigenvalue weighted by Gasteiger charge is -2.15. The van der Waals surface area contributed by atoms with Gasteiger partial charge in [0.2, 0.25) is 0 Å². The van der Waals surface area contributed by atoms with E-state index >= 15 is 0 Å². The van der Waals surface area contributed by atoms with Gasteiger partial charge in [-0.1, -0.05) is 36.4 Å². The number of rotatable bonds is 7. The standard InChI is InChI=1S/C17H22N2S/c18-19-17(10-4-8-14-9-5-11-20-14)16-12-15(16)13-6-2-1-3-7-13/h1-3,5-7,9,11,15-17,19H,4,8,10,12,18H2. The molecule has 0 radical (unpaired) electrons. The van der Waals surface area contributed by atoms with Crippen molar-refractivity contribution < 1.29 is 0 Å². The first kappa shape index (κ1) is 13.8. The Labute approximate surface area is 125 Å². The quantitative estimate of drug-likeness (QED) is 0.601. The maximum atomic E-state index is 5.77. The minimum Gasteiger partial charge on any atom is -0.271 e. The van der Waals surface area contributed by atoms with Crippen LogP contribution in [-0.4, -0.2) is 6.04 Å². The number of nitrogens with one attached hydrogen (secondary N) is 1. The number of nitrogens with two attached hydrogens (primary N) is 1. The van der Waals surface area contributed by atoms with Crippen LogP contribution in [-0.2, 0) is 6.42 Å². The average Bonchev–Trinajstić information content (AvgIpc) is 3.12. The van der Waals surface area contributed by atoms with Crippen LogP contribution >= 0.6 is 11.3 Å². The van der Waals surface area contributed by atoms with Crippen LogP contribution in [0.15, 0.2) is 47.8 Å². The molecule has 0 aliphatic heterocycles. The van der Waals surface area contributed by atoms with Gasteiger partial charge in [-0.2, -0.15) is 0 Å². The van der Waals surface area contributed by atoms with Crippen LogP contribution in [0.2, 0.25) is 0 Å². The van der Waals surface area contributed by atoms with Crippen LogP contribution in [0.5, 0.6) is 0 Å². The van der Waals surface area contributed by atoms with Gasteiger partial charge in [-0.3, -0.25) is 11.3 Å². The van der Waals surface area contributed by atoms with Crippen LogP contribution in [0.1, 0.15) is 35.6 Å². The van der Waals surface area contributed by atoms with Gasteiger partial charge in [0.05, 0.1) is 0 Å². The third-order valence-corrected chi connectivity index (χ3v) is 5.25. The van der Waals surface area contributed by atoms with E-state index in [4.69, 9.17) is 5.84 Å². The molecule has 2 nitrogen and oxygen atoms in total. The van der Waals surface area contributed by atoms with Gasteiger partial charge in [0.1, 0.15) is 0 Å². The highest BCUT2D eigenvalue weighted by atomic mass is 32.1. The number of hydrazine groups is 1. The summed E-state index contributed by atoms with van der Waals surface area (Å²) in [6.07, 6.45) is 4.84. The Morgan fingerprint density at radius 1 is 1.20 bits per heavy atom. The molecule has 1 aromatic heterocycles.